The maximum Gasteiger partial charge on any atom is 0.133 e. The van der Waals surface area contributed by atoms with Crippen LogP contribution >= 0.6 is 0 Å². The summed E-state index contributed by atoms with van der Waals surface area (Å²) in [5.74, 6) is 1.83. The molecule has 0 amide bonds. The topological polar surface area (TPSA) is 56.7 Å². The van der Waals surface area contributed by atoms with Crippen LogP contribution in [0.4, 0.5) is 0 Å². The molecular formula is C17H32N4. The highest BCUT2D eigenvalue weighted by molar-refractivity contribution is 4.92. The summed E-state index contributed by atoms with van der Waals surface area (Å²) in [6.07, 6.45) is 11.9. The van der Waals surface area contributed by atoms with Gasteiger partial charge in [-0.25, -0.2) is 0 Å². The summed E-state index contributed by atoms with van der Waals surface area (Å²) < 4.78 is 2.35. The summed E-state index contributed by atoms with van der Waals surface area (Å²) in [4.78, 5) is 0. The number of hydrogen-bond donors (Lipinski definition) is 1. The SMILES string of the molecule is CC(C)(C)C(CCN)CCc1nncn1C1CCCCC1. The quantitative estimate of drug-likeness (QED) is 0.869. The van der Waals surface area contributed by atoms with Crippen LogP contribution in [0, 0.1) is 11.3 Å². The zero-order valence-electron chi connectivity index (χ0n) is 14.0. The Balaban J connectivity index is 1.98. The zero-order chi connectivity index (χ0) is 15.3. The molecule has 2 rings (SSSR count). The molecule has 0 radical (unpaired) electrons. The Labute approximate surface area is 129 Å². The van der Waals surface area contributed by atoms with E-state index in [0.29, 0.717) is 17.4 Å². The van der Waals surface area contributed by atoms with E-state index in [1.54, 1.807) is 0 Å². The van der Waals surface area contributed by atoms with E-state index in [1.807, 2.05) is 6.33 Å². The minimum absolute atomic E-state index is 0.315. The number of aromatic nitrogens is 3. The number of aryl methyl sites for hydroxylation is 1. The fourth-order valence-corrected chi connectivity index (χ4v) is 3.62. The summed E-state index contributed by atoms with van der Waals surface area (Å²) in [6, 6.07) is 0.631. The average Bonchev–Trinajstić information content (AvgIpc) is 2.91. The highest BCUT2D eigenvalue weighted by atomic mass is 15.3. The van der Waals surface area contributed by atoms with Gasteiger partial charge < -0.3 is 10.3 Å². The molecule has 0 aliphatic heterocycles. The molecule has 0 bridgehead atoms. The van der Waals surface area contributed by atoms with Crippen LogP contribution in [-0.2, 0) is 6.42 Å². The maximum atomic E-state index is 5.79. The van der Waals surface area contributed by atoms with E-state index in [1.165, 1.54) is 37.9 Å². The highest BCUT2D eigenvalue weighted by Gasteiger charge is 2.25. The summed E-state index contributed by atoms with van der Waals surface area (Å²) in [7, 11) is 0. The fraction of sp³-hybridized carbons (Fsp3) is 0.882. The van der Waals surface area contributed by atoms with Crippen LogP contribution in [0.2, 0.25) is 0 Å². The minimum Gasteiger partial charge on any atom is -0.330 e. The lowest BCUT2D eigenvalue weighted by Gasteiger charge is -2.31. The van der Waals surface area contributed by atoms with Gasteiger partial charge in [-0.3, -0.25) is 0 Å². The molecule has 1 fully saturated rings. The molecular weight excluding hydrogens is 260 g/mol. The molecule has 0 spiro atoms. The van der Waals surface area contributed by atoms with Crippen molar-refractivity contribution in [2.75, 3.05) is 6.54 Å². The molecule has 2 N–H and O–H groups in total. The van der Waals surface area contributed by atoms with Gasteiger partial charge in [0.1, 0.15) is 12.2 Å². The third-order valence-electron chi connectivity index (χ3n) is 5.07. The van der Waals surface area contributed by atoms with Crippen molar-refractivity contribution >= 4 is 0 Å². The molecule has 1 saturated carbocycles. The first-order valence-corrected chi connectivity index (χ1v) is 8.61. The van der Waals surface area contributed by atoms with Crippen LogP contribution in [0.3, 0.4) is 0 Å². The Hall–Kier alpha value is -0.900. The molecule has 1 aliphatic rings. The van der Waals surface area contributed by atoms with Crippen molar-refractivity contribution in [3.63, 3.8) is 0 Å². The first kappa shape index (κ1) is 16.5. The van der Waals surface area contributed by atoms with Gasteiger partial charge in [-0.2, -0.15) is 0 Å². The smallest absolute Gasteiger partial charge is 0.133 e. The predicted octanol–water partition coefficient (Wildman–Crippen LogP) is 3.73. The minimum atomic E-state index is 0.315. The van der Waals surface area contributed by atoms with E-state index in [4.69, 9.17) is 5.73 Å². The number of nitrogens with zero attached hydrogens (tertiary/aromatic N) is 3. The first-order valence-electron chi connectivity index (χ1n) is 8.61. The third-order valence-corrected chi connectivity index (χ3v) is 5.07. The standard InChI is InChI=1S/C17H32N4/c1-17(2,3)14(11-12-18)9-10-16-20-19-13-21(16)15-7-5-4-6-8-15/h13-15H,4-12,18H2,1-3H3. The molecule has 0 aromatic carbocycles. The predicted molar refractivity (Wildman–Crippen MR) is 87.1 cm³/mol. The van der Waals surface area contributed by atoms with E-state index in [-0.39, 0.29) is 0 Å². The van der Waals surface area contributed by atoms with Gasteiger partial charge in [0.2, 0.25) is 0 Å². The molecule has 1 atom stereocenters. The lowest BCUT2D eigenvalue weighted by atomic mass is 9.76. The van der Waals surface area contributed by atoms with E-state index in [9.17, 15) is 0 Å². The number of hydrogen-bond acceptors (Lipinski definition) is 3. The Morgan fingerprint density at radius 2 is 1.95 bits per heavy atom. The highest BCUT2D eigenvalue weighted by Crippen LogP contribution is 2.33. The summed E-state index contributed by atoms with van der Waals surface area (Å²) in [5.41, 5.74) is 6.10. The van der Waals surface area contributed by atoms with Gasteiger partial charge in [-0.1, -0.05) is 40.0 Å². The van der Waals surface area contributed by atoms with Crippen molar-refractivity contribution in [3.8, 4) is 0 Å². The molecule has 1 heterocycles. The first-order chi connectivity index (χ1) is 10.0. The van der Waals surface area contributed by atoms with Crippen molar-refractivity contribution in [2.45, 2.75) is 78.2 Å². The van der Waals surface area contributed by atoms with E-state index >= 15 is 0 Å². The van der Waals surface area contributed by atoms with Gasteiger partial charge >= 0.3 is 0 Å². The molecule has 1 aliphatic carbocycles. The number of rotatable bonds is 6. The fourth-order valence-electron chi connectivity index (χ4n) is 3.62. The van der Waals surface area contributed by atoms with Crippen molar-refractivity contribution in [1.82, 2.24) is 14.8 Å². The largest absolute Gasteiger partial charge is 0.330 e. The van der Waals surface area contributed by atoms with Crippen molar-refractivity contribution in [2.24, 2.45) is 17.1 Å². The summed E-state index contributed by atoms with van der Waals surface area (Å²) in [5, 5.41) is 8.56. The van der Waals surface area contributed by atoms with Gasteiger partial charge in [-0.15, -0.1) is 10.2 Å². The molecule has 4 heteroatoms. The second-order valence-electron chi connectivity index (χ2n) is 7.63. The van der Waals surface area contributed by atoms with Crippen molar-refractivity contribution in [3.05, 3.63) is 12.2 Å². The van der Waals surface area contributed by atoms with Gasteiger partial charge in [0, 0.05) is 12.5 Å². The monoisotopic (exact) mass is 292 g/mol. The second kappa shape index (κ2) is 7.39. The lowest BCUT2D eigenvalue weighted by molar-refractivity contribution is 0.212. The van der Waals surface area contributed by atoms with E-state index < -0.39 is 0 Å². The van der Waals surface area contributed by atoms with Gasteiger partial charge in [0.05, 0.1) is 0 Å². The Bertz CT molecular complexity index is 413. The molecule has 1 aromatic rings. The van der Waals surface area contributed by atoms with E-state index in [0.717, 1.165) is 25.8 Å². The van der Waals surface area contributed by atoms with Crippen molar-refractivity contribution < 1.29 is 0 Å². The maximum absolute atomic E-state index is 5.79. The molecule has 1 unspecified atom stereocenters. The zero-order valence-corrected chi connectivity index (χ0v) is 14.0. The summed E-state index contributed by atoms with van der Waals surface area (Å²) in [6.45, 7) is 7.73. The van der Waals surface area contributed by atoms with Gasteiger partial charge in [-0.05, 0) is 43.6 Å². The summed E-state index contributed by atoms with van der Waals surface area (Å²) >= 11 is 0. The Kier molecular flexibility index (Phi) is 5.80. The van der Waals surface area contributed by atoms with Crippen LogP contribution in [0.5, 0.6) is 0 Å². The van der Waals surface area contributed by atoms with Crippen LogP contribution in [0.15, 0.2) is 6.33 Å². The molecule has 4 nitrogen and oxygen atoms in total. The molecule has 21 heavy (non-hydrogen) atoms. The third kappa shape index (κ3) is 4.53. The lowest BCUT2D eigenvalue weighted by Crippen LogP contribution is -2.24. The number of nitrogens with two attached hydrogens (primary N) is 1. The van der Waals surface area contributed by atoms with Gasteiger partial charge in [0.15, 0.2) is 0 Å². The van der Waals surface area contributed by atoms with Crippen LogP contribution in [0.25, 0.3) is 0 Å². The van der Waals surface area contributed by atoms with Crippen LogP contribution in [-0.4, -0.2) is 21.3 Å². The normalized spacial score (nSPS) is 18.9. The molecule has 120 valence electrons. The molecule has 1 aromatic heterocycles. The van der Waals surface area contributed by atoms with Crippen LogP contribution < -0.4 is 5.73 Å². The van der Waals surface area contributed by atoms with E-state index in [2.05, 4.69) is 35.5 Å². The van der Waals surface area contributed by atoms with Crippen molar-refractivity contribution in [1.29, 1.82) is 0 Å². The molecule has 0 saturated heterocycles. The average molecular weight is 292 g/mol. The Morgan fingerprint density at radius 3 is 2.57 bits per heavy atom. The Morgan fingerprint density at radius 1 is 1.24 bits per heavy atom. The van der Waals surface area contributed by atoms with Crippen LogP contribution in [0.1, 0.15) is 77.6 Å². The van der Waals surface area contributed by atoms with Gasteiger partial charge in [0.25, 0.3) is 0 Å². The second-order valence-corrected chi connectivity index (χ2v) is 7.63.